The van der Waals surface area contributed by atoms with Gasteiger partial charge >= 0.3 is 5.97 Å². The molecule has 2 fully saturated rings. The Kier molecular flexibility index (Phi) is 4.99. The molecule has 0 spiro atoms. The van der Waals surface area contributed by atoms with Crippen LogP contribution < -0.4 is 0 Å². The first-order valence-corrected chi connectivity index (χ1v) is 12.5. The molecule has 0 radical (unpaired) electrons. The Bertz CT molecular complexity index is 1310. The van der Waals surface area contributed by atoms with E-state index in [1.165, 1.54) is 5.56 Å². The van der Waals surface area contributed by atoms with Gasteiger partial charge in [-0.2, -0.15) is 0 Å². The summed E-state index contributed by atoms with van der Waals surface area (Å²) < 4.78 is 2.23. The third-order valence-corrected chi connectivity index (χ3v) is 8.79. The molecule has 6 rings (SSSR count). The minimum atomic E-state index is -0.681. The molecule has 1 amide bonds. The predicted molar refractivity (Wildman–Crippen MR) is 130 cm³/mol. The number of carbonyl (C=O) groups excluding carboxylic acids is 1. The zero-order valence-corrected chi connectivity index (χ0v) is 19.9. The highest BCUT2D eigenvalue weighted by Crippen LogP contribution is 2.63. The van der Waals surface area contributed by atoms with Crippen LogP contribution in [-0.4, -0.2) is 38.0 Å². The van der Waals surface area contributed by atoms with Gasteiger partial charge in [-0.1, -0.05) is 23.7 Å². The highest BCUT2D eigenvalue weighted by atomic mass is 35.5. The van der Waals surface area contributed by atoms with E-state index in [4.69, 9.17) is 11.6 Å². The number of nitrogens with zero attached hydrogens (tertiary/aromatic N) is 3. The van der Waals surface area contributed by atoms with E-state index in [-0.39, 0.29) is 11.3 Å². The van der Waals surface area contributed by atoms with E-state index in [1.54, 1.807) is 0 Å². The molecule has 0 atom stereocenters. The topological polar surface area (TPSA) is 75.4 Å². The molecular formula is C27H28ClN3O3. The van der Waals surface area contributed by atoms with E-state index in [0.29, 0.717) is 50.3 Å². The molecule has 7 heteroatoms. The van der Waals surface area contributed by atoms with E-state index in [9.17, 15) is 14.7 Å². The molecule has 3 aromatic rings. The van der Waals surface area contributed by atoms with Crippen molar-refractivity contribution in [2.45, 2.75) is 58.0 Å². The molecule has 0 saturated heterocycles. The first-order chi connectivity index (χ1) is 16.4. The monoisotopic (exact) mass is 477 g/mol. The summed E-state index contributed by atoms with van der Waals surface area (Å²) >= 11 is 6.24. The van der Waals surface area contributed by atoms with E-state index >= 15 is 0 Å². The molecule has 176 valence electrons. The van der Waals surface area contributed by atoms with Crippen molar-refractivity contribution in [2.75, 3.05) is 6.54 Å². The van der Waals surface area contributed by atoms with Gasteiger partial charge in [-0.25, -0.2) is 4.98 Å². The Hall–Kier alpha value is -2.86. The molecule has 0 unspecified atom stereocenters. The predicted octanol–water partition coefficient (Wildman–Crippen LogP) is 5.05. The van der Waals surface area contributed by atoms with Crippen LogP contribution in [0.4, 0.5) is 0 Å². The van der Waals surface area contributed by atoms with Crippen LogP contribution in [0.25, 0.3) is 11.0 Å². The maximum Gasteiger partial charge on any atom is 0.309 e. The normalized spacial score (nSPS) is 25.6. The van der Waals surface area contributed by atoms with E-state index < -0.39 is 11.4 Å². The second-order valence-electron chi connectivity index (χ2n) is 10.5. The first-order valence-electron chi connectivity index (χ1n) is 12.1. The van der Waals surface area contributed by atoms with Crippen LogP contribution in [0.3, 0.4) is 0 Å². The summed E-state index contributed by atoms with van der Waals surface area (Å²) in [5.41, 5.74) is 3.73. The van der Waals surface area contributed by atoms with Gasteiger partial charge in [0.15, 0.2) is 0 Å². The summed E-state index contributed by atoms with van der Waals surface area (Å²) in [7, 11) is 0. The number of aliphatic carboxylic acids is 1. The number of fused-ring (bicyclic) bond motifs is 5. The molecular weight excluding hydrogens is 450 g/mol. The summed E-state index contributed by atoms with van der Waals surface area (Å²) in [6.07, 6.45) is 6.85. The quantitative estimate of drug-likeness (QED) is 0.558. The lowest BCUT2D eigenvalue weighted by Gasteiger charge is -2.33. The van der Waals surface area contributed by atoms with Crippen molar-refractivity contribution in [2.24, 2.45) is 10.8 Å². The Morgan fingerprint density at radius 1 is 1.12 bits per heavy atom. The van der Waals surface area contributed by atoms with Gasteiger partial charge < -0.3 is 14.6 Å². The van der Waals surface area contributed by atoms with Crippen molar-refractivity contribution in [3.8, 4) is 0 Å². The van der Waals surface area contributed by atoms with Crippen LogP contribution in [0, 0.1) is 10.8 Å². The third-order valence-electron chi connectivity index (χ3n) is 8.56. The van der Waals surface area contributed by atoms with Gasteiger partial charge in [-0.15, -0.1) is 0 Å². The Morgan fingerprint density at radius 3 is 2.68 bits per heavy atom. The molecule has 3 heterocycles. The van der Waals surface area contributed by atoms with Crippen LogP contribution in [0.2, 0.25) is 5.02 Å². The Morgan fingerprint density at radius 2 is 1.94 bits per heavy atom. The third kappa shape index (κ3) is 3.42. The van der Waals surface area contributed by atoms with Crippen molar-refractivity contribution in [3.63, 3.8) is 0 Å². The molecule has 1 aromatic carbocycles. The van der Waals surface area contributed by atoms with Crippen LogP contribution >= 0.6 is 11.6 Å². The fourth-order valence-electron chi connectivity index (χ4n) is 6.75. The highest BCUT2D eigenvalue weighted by Gasteiger charge is 2.58. The first kappa shape index (κ1) is 21.7. The summed E-state index contributed by atoms with van der Waals surface area (Å²) in [6.45, 7) is 1.90. The number of rotatable bonds is 5. The fourth-order valence-corrected chi connectivity index (χ4v) is 6.97. The molecule has 2 aliphatic carbocycles. The number of halogens is 1. The van der Waals surface area contributed by atoms with Crippen molar-refractivity contribution < 1.29 is 14.7 Å². The number of benzene rings is 1. The molecule has 1 N–H and O–H groups in total. The Balaban J connectivity index is 1.28. The van der Waals surface area contributed by atoms with Gasteiger partial charge in [-0.05, 0) is 79.3 Å². The lowest BCUT2D eigenvalue weighted by molar-refractivity contribution is -0.148. The number of pyridine rings is 1. The van der Waals surface area contributed by atoms with E-state index in [1.807, 2.05) is 35.4 Å². The van der Waals surface area contributed by atoms with Crippen molar-refractivity contribution in [1.29, 1.82) is 0 Å². The van der Waals surface area contributed by atoms with Crippen LogP contribution in [-0.2, 0) is 29.1 Å². The van der Waals surface area contributed by atoms with Gasteiger partial charge in [0, 0.05) is 41.8 Å². The molecule has 2 bridgehead atoms. The molecule has 1 aliphatic heterocycles. The molecule has 3 aliphatic rings. The standard InChI is InChI=1S/C27H28ClN3O3/c28-19-4-1-3-18(13-19)15-31-22-16-30(12-6-20(22)21-5-2-11-29-24(21)31)23(32)14-26-7-9-27(17-26,10-8-26)25(33)34/h1-5,11,13H,6-10,12,14-17H2,(H,33,34). The summed E-state index contributed by atoms with van der Waals surface area (Å²) in [5, 5.41) is 11.6. The van der Waals surface area contributed by atoms with Gasteiger partial charge in [0.2, 0.25) is 5.91 Å². The number of carboxylic acid groups (broad SMARTS) is 1. The number of hydrogen-bond acceptors (Lipinski definition) is 3. The number of amides is 1. The number of aromatic nitrogens is 2. The van der Waals surface area contributed by atoms with Crippen molar-refractivity contribution >= 4 is 34.5 Å². The minimum absolute atomic E-state index is 0.134. The maximum absolute atomic E-state index is 13.5. The highest BCUT2D eigenvalue weighted by molar-refractivity contribution is 6.30. The molecule has 6 nitrogen and oxygen atoms in total. The number of carbonyl (C=O) groups is 2. The zero-order chi connectivity index (χ0) is 23.5. The molecule has 2 saturated carbocycles. The second kappa shape index (κ2) is 7.84. The van der Waals surface area contributed by atoms with Gasteiger partial charge in [0.25, 0.3) is 0 Å². The smallest absolute Gasteiger partial charge is 0.309 e. The van der Waals surface area contributed by atoms with Crippen molar-refractivity contribution in [1.82, 2.24) is 14.5 Å². The van der Waals surface area contributed by atoms with E-state index in [2.05, 4.69) is 21.7 Å². The van der Waals surface area contributed by atoms with Crippen LogP contribution in [0.15, 0.2) is 42.6 Å². The van der Waals surface area contributed by atoms with Crippen LogP contribution in [0.5, 0.6) is 0 Å². The summed E-state index contributed by atoms with van der Waals surface area (Å²) in [6, 6.07) is 12.0. The summed E-state index contributed by atoms with van der Waals surface area (Å²) in [5.74, 6) is -0.527. The minimum Gasteiger partial charge on any atom is -0.481 e. The number of carboxylic acids is 1. The largest absolute Gasteiger partial charge is 0.481 e. The SMILES string of the molecule is O=C(CC12CCC(C(=O)O)(CC1)C2)N1CCc2c(n(Cc3cccc(Cl)c3)c3ncccc23)C1. The fraction of sp³-hybridized carbons (Fsp3) is 0.444. The lowest BCUT2D eigenvalue weighted by atomic mass is 9.80. The van der Waals surface area contributed by atoms with Crippen molar-refractivity contribution in [3.05, 3.63) is 64.4 Å². The Labute approximate surface area is 203 Å². The summed E-state index contributed by atoms with van der Waals surface area (Å²) in [4.78, 5) is 32.0. The van der Waals surface area contributed by atoms with Gasteiger partial charge in [0.1, 0.15) is 5.65 Å². The van der Waals surface area contributed by atoms with E-state index in [0.717, 1.165) is 41.6 Å². The van der Waals surface area contributed by atoms with Crippen LogP contribution in [0.1, 0.15) is 55.3 Å². The van der Waals surface area contributed by atoms with Gasteiger partial charge in [-0.3, -0.25) is 9.59 Å². The average molecular weight is 478 g/mol. The molecule has 2 aromatic heterocycles. The maximum atomic E-state index is 13.5. The lowest BCUT2D eigenvalue weighted by Crippen LogP contribution is -2.39. The second-order valence-corrected chi connectivity index (χ2v) is 11.0. The molecule has 34 heavy (non-hydrogen) atoms. The average Bonchev–Trinajstić information content (AvgIpc) is 3.49. The zero-order valence-electron chi connectivity index (χ0n) is 19.1. The van der Waals surface area contributed by atoms with Gasteiger partial charge in [0.05, 0.1) is 12.0 Å². The number of hydrogen-bond donors (Lipinski definition) is 1.